The van der Waals surface area contributed by atoms with E-state index in [1.54, 1.807) is 0 Å². The number of carbonyl (C=O) groups is 1. The second-order valence-electron chi connectivity index (χ2n) is 5.08. The van der Waals surface area contributed by atoms with Crippen molar-refractivity contribution in [3.05, 3.63) is 27.9 Å². The number of nitrogen functional groups attached to an aromatic ring is 1. The molecule has 0 radical (unpaired) electrons. The van der Waals surface area contributed by atoms with E-state index < -0.39 is 22.2 Å². The molecule has 20 heavy (non-hydrogen) atoms. The quantitative estimate of drug-likeness (QED) is 0.413. The van der Waals surface area contributed by atoms with Crippen LogP contribution >= 0.6 is 0 Å². The zero-order valence-electron chi connectivity index (χ0n) is 11.8. The third-order valence-electron chi connectivity index (χ3n) is 2.80. The van der Waals surface area contributed by atoms with Gasteiger partial charge in [-0.3, -0.25) is 10.6 Å². The minimum absolute atomic E-state index is 0.0957. The van der Waals surface area contributed by atoms with Gasteiger partial charge in [0.1, 0.15) is 5.69 Å². The number of hydrazine groups is 1. The third kappa shape index (κ3) is 3.89. The first kappa shape index (κ1) is 15.8. The van der Waals surface area contributed by atoms with Gasteiger partial charge in [0.2, 0.25) is 0 Å². The summed E-state index contributed by atoms with van der Waals surface area (Å²) in [5.41, 5.74) is 2.24. The van der Waals surface area contributed by atoms with E-state index in [0.29, 0.717) is 0 Å². The molecular formula is C12H19N5O3. The van der Waals surface area contributed by atoms with E-state index >= 15 is 0 Å². The minimum atomic E-state index is -0.658. The Balaban J connectivity index is 3.07. The summed E-state index contributed by atoms with van der Waals surface area (Å²) < 4.78 is 0. The summed E-state index contributed by atoms with van der Waals surface area (Å²) in [7, 11) is 0. The van der Waals surface area contributed by atoms with Crippen LogP contribution in [0.1, 0.15) is 44.0 Å². The summed E-state index contributed by atoms with van der Waals surface area (Å²) in [5, 5.41) is 13.6. The molecule has 1 aromatic heterocycles. The van der Waals surface area contributed by atoms with Crippen LogP contribution in [0.2, 0.25) is 0 Å². The summed E-state index contributed by atoms with van der Waals surface area (Å²) in [5.74, 6) is 4.47. The van der Waals surface area contributed by atoms with Crippen LogP contribution in [0.25, 0.3) is 0 Å². The molecule has 0 spiro atoms. The zero-order valence-corrected chi connectivity index (χ0v) is 11.8. The number of carbonyl (C=O) groups excluding carboxylic acids is 1. The second kappa shape index (κ2) is 6.29. The smallest absolute Gasteiger partial charge is 0.358 e. The van der Waals surface area contributed by atoms with Crippen LogP contribution < -0.4 is 16.6 Å². The number of nitrogens with zero attached hydrogens (tertiary/aromatic N) is 2. The average Bonchev–Trinajstić information content (AvgIpc) is 2.37. The first-order valence-corrected chi connectivity index (χ1v) is 6.24. The van der Waals surface area contributed by atoms with Crippen molar-refractivity contribution in [1.82, 2.24) is 10.3 Å². The number of hydrogen-bond acceptors (Lipinski definition) is 6. The molecule has 1 rings (SSSR count). The Morgan fingerprint density at radius 2 is 2.20 bits per heavy atom. The van der Waals surface area contributed by atoms with Crippen LogP contribution in [-0.4, -0.2) is 21.4 Å². The number of rotatable bonds is 6. The van der Waals surface area contributed by atoms with Crippen molar-refractivity contribution in [2.45, 2.75) is 39.2 Å². The predicted octanol–water partition coefficient (Wildman–Crippen LogP) is 1.58. The molecule has 4 N–H and O–H groups in total. The van der Waals surface area contributed by atoms with Crippen molar-refractivity contribution in [1.29, 1.82) is 0 Å². The number of anilines is 1. The molecule has 0 fully saturated rings. The van der Waals surface area contributed by atoms with Crippen molar-refractivity contribution < 1.29 is 9.72 Å². The normalized spacial score (nSPS) is 11.0. The highest BCUT2D eigenvalue weighted by Crippen LogP contribution is 2.20. The maximum atomic E-state index is 12.2. The second-order valence-corrected chi connectivity index (χ2v) is 5.08. The highest BCUT2D eigenvalue weighted by Gasteiger charge is 2.24. The monoisotopic (exact) mass is 281 g/mol. The number of hydrogen-bond donors (Lipinski definition) is 3. The lowest BCUT2D eigenvalue weighted by molar-refractivity contribution is -0.389. The van der Waals surface area contributed by atoms with Gasteiger partial charge in [-0.15, -0.1) is 0 Å². The van der Waals surface area contributed by atoms with Crippen LogP contribution in [-0.2, 0) is 0 Å². The molecule has 8 nitrogen and oxygen atoms in total. The van der Waals surface area contributed by atoms with Gasteiger partial charge in [-0.25, -0.2) is 0 Å². The third-order valence-corrected chi connectivity index (χ3v) is 2.80. The Morgan fingerprint density at radius 1 is 1.55 bits per heavy atom. The molecule has 1 aromatic rings. The van der Waals surface area contributed by atoms with Crippen molar-refractivity contribution in [3.8, 4) is 0 Å². The number of nitro groups is 1. The van der Waals surface area contributed by atoms with Crippen LogP contribution in [0.15, 0.2) is 12.3 Å². The minimum Gasteiger partial charge on any atom is -0.358 e. The molecular weight excluding hydrogens is 262 g/mol. The van der Waals surface area contributed by atoms with Gasteiger partial charge in [-0.2, -0.15) is 0 Å². The number of pyridine rings is 1. The molecule has 0 aliphatic heterocycles. The maximum absolute atomic E-state index is 12.2. The number of nitrogens with one attached hydrogen (secondary N) is 2. The van der Waals surface area contributed by atoms with Gasteiger partial charge in [-0.1, -0.05) is 13.3 Å². The molecule has 0 bridgehead atoms. The van der Waals surface area contributed by atoms with Gasteiger partial charge in [0, 0.05) is 5.54 Å². The van der Waals surface area contributed by atoms with E-state index in [2.05, 4.69) is 15.7 Å². The molecule has 0 aliphatic carbocycles. The number of nitrogens with two attached hydrogens (primary N) is 1. The standard InChI is InChI=1S/C12H19N5O3/c1-4-5-12(2,3)15-11(18)8-6-10(17(19)20)14-7-9(8)16-13/h6-7,16H,4-5,13H2,1-3H3,(H,15,18). The lowest BCUT2D eigenvalue weighted by Gasteiger charge is -2.26. The molecule has 0 unspecified atom stereocenters. The van der Waals surface area contributed by atoms with E-state index in [4.69, 9.17) is 5.84 Å². The molecule has 1 amide bonds. The highest BCUT2D eigenvalue weighted by atomic mass is 16.6. The van der Waals surface area contributed by atoms with Crippen molar-refractivity contribution in [2.75, 3.05) is 5.43 Å². The fourth-order valence-electron chi connectivity index (χ4n) is 1.91. The Bertz CT molecular complexity index is 516. The molecule has 110 valence electrons. The summed E-state index contributed by atoms with van der Waals surface area (Å²) >= 11 is 0. The van der Waals surface area contributed by atoms with Gasteiger partial charge < -0.3 is 20.9 Å². The summed E-state index contributed by atoms with van der Waals surface area (Å²) in [6, 6.07) is 1.10. The van der Waals surface area contributed by atoms with Gasteiger partial charge >= 0.3 is 5.82 Å². The molecule has 1 heterocycles. The first-order chi connectivity index (χ1) is 9.30. The van der Waals surface area contributed by atoms with Gasteiger partial charge in [0.05, 0.1) is 11.6 Å². The van der Waals surface area contributed by atoms with E-state index in [1.165, 1.54) is 6.20 Å². The molecule has 0 atom stereocenters. The van der Waals surface area contributed by atoms with Crippen molar-refractivity contribution in [2.24, 2.45) is 5.84 Å². The lowest BCUT2D eigenvalue weighted by Crippen LogP contribution is -2.43. The van der Waals surface area contributed by atoms with E-state index in [0.717, 1.165) is 18.9 Å². The first-order valence-electron chi connectivity index (χ1n) is 6.24. The Hall–Kier alpha value is -2.22. The molecule has 0 aliphatic rings. The van der Waals surface area contributed by atoms with Gasteiger partial charge in [-0.05, 0) is 30.2 Å². The van der Waals surface area contributed by atoms with Gasteiger partial charge in [0.25, 0.3) is 5.91 Å². The van der Waals surface area contributed by atoms with E-state index in [1.807, 2.05) is 20.8 Å². The summed E-state index contributed by atoms with van der Waals surface area (Å²) in [6.45, 7) is 5.79. The summed E-state index contributed by atoms with van der Waals surface area (Å²) in [4.78, 5) is 25.9. The van der Waals surface area contributed by atoms with E-state index in [9.17, 15) is 14.9 Å². The maximum Gasteiger partial charge on any atom is 0.364 e. The van der Waals surface area contributed by atoms with E-state index in [-0.39, 0.29) is 11.3 Å². The molecule has 0 saturated heterocycles. The Labute approximate surface area is 116 Å². The topological polar surface area (TPSA) is 123 Å². The number of amides is 1. The summed E-state index contributed by atoms with van der Waals surface area (Å²) in [6.07, 6.45) is 2.86. The zero-order chi connectivity index (χ0) is 15.3. The van der Waals surface area contributed by atoms with Crippen LogP contribution in [0.5, 0.6) is 0 Å². The Morgan fingerprint density at radius 3 is 2.70 bits per heavy atom. The number of aromatic nitrogens is 1. The predicted molar refractivity (Wildman–Crippen MR) is 75.2 cm³/mol. The fourth-order valence-corrected chi connectivity index (χ4v) is 1.91. The van der Waals surface area contributed by atoms with Crippen LogP contribution in [0, 0.1) is 10.1 Å². The van der Waals surface area contributed by atoms with Crippen molar-refractivity contribution >= 4 is 17.4 Å². The molecule has 0 saturated carbocycles. The van der Waals surface area contributed by atoms with Crippen LogP contribution in [0.3, 0.4) is 0 Å². The highest BCUT2D eigenvalue weighted by molar-refractivity contribution is 6.00. The lowest BCUT2D eigenvalue weighted by atomic mass is 9.98. The van der Waals surface area contributed by atoms with Crippen molar-refractivity contribution in [3.63, 3.8) is 0 Å². The largest absolute Gasteiger partial charge is 0.364 e. The molecule has 8 heteroatoms. The van der Waals surface area contributed by atoms with Crippen LogP contribution in [0.4, 0.5) is 11.5 Å². The Kier molecular flexibility index (Phi) is 4.98. The van der Waals surface area contributed by atoms with Gasteiger partial charge in [0.15, 0.2) is 6.20 Å². The fraction of sp³-hybridized carbons (Fsp3) is 0.500. The average molecular weight is 281 g/mol. The SMILES string of the molecule is CCCC(C)(C)NC(=O)c1cc([N+](=O)[O-])ncc1NN. The molecule has 0 aromatic carbocycles.